The Kier molecular flexibility index (Phi) is 16.3. The number of hydrogen-bond donors (Lipinski definition) is 9. The van der Waals surface area contributed by atoms with Crippen molar-refractivity contribution < 1.29 is 35.4 Å². The first-order valence-electron chi connectivity index (χ1n) is 24.9. The lowest BCUT2D eigenvalue weighted by molar-refractivity contribution is -0.150. The topological polar surface area (TPSA) is 192 Å². The number of unbranched alkanes of at least 4 members (excludes halogenated alkanes) is 3. The van der Waals surface area contributed by atoms with Crippen molar-refractivity contribution in [3.8, 4) is 22.8 Å². The van der Waals surface area contributed by atoms with Crippen LogP contribution in [0.2, 0.25) is 0 Å². The minimum atomic E-state index is -1.14. The van der Waals surface area contributed by atoms with Crippen LogP contribution in [0, 0.1) is 35.5 Å². The summed E-state index contributed by atoms with van der Waals surface area (Å²) in [4.78, 5) is 16.8. The maximum absolute atomic E-state index is 13.1. The van der Waals surface area contributed by atoms with Gasteiger partial charge in [-0.1, -0.05) is 95.4 Å². The smallest absolute Gasteiger partial charge is 0.309 e. The summed E-state index contributed by atoms with van der Waals surface area (Å²) in [6.45, 7) is 7.19. The summed E-state index contributed by atoms with van der Waals surface area (Å²) >= 11 is 0. The molecule has 10 heteroatoms. The van der Waals surface area contributed by atoms with Gasteiger partial charge in [-0.3, -0.25) is 4.79 Å². The second-order valence-corrected chi connectivity index (χ2v) is 20.7. The molecular weight excluding hydrogens is 815 g/mol. The average Bonchev–Trinajstić information content (AvgIpc) is 3.88. The fourth-order valence-corrected chi connectivity index (χ4v) is 12.1. The van der Waals surface area contributed by atoms with Gasteiger partial charge in [0, 0.05) is 53.4 Å². The second-order valence-electron chi connectivity index (χ2n) is 20.7. The van der Waals surface area contributed by atoms with E-state index < -0.39 is 23.6 Å². The van der Waals surface area contributed by atoms with Gasteiger partial charge in [0.15, 0.2) is 0 Å². The van der Waals surface area contributed by atoms with Gasteiger partial charge in [-0.2, -0.15) is 0 Å². The Bertz CT molecular complexity index is 2140. The first-order valence-corrected chi connectivity index (χ1v) is 24.9. The van der Waals surface area contributed by atoms with Crippen molar-refractivity contribution in [1.82, 2.24) is 10.3 Å². The Morgan fingerprint density at radius 3 is 2.40 bits per heavy atom. The first-order chi connectivity index (χ1) is 31.2. The van der Waals surface area contributed by atoms with E-state index in [1.165, 1.54) is 30.9 Å². The number of carboxylic acid groups (broad SMARTS) is 1. The van der Waals surface area contributed by atoms with E-state index in [0.29, 0.717) is 73.9 Å². The van der Waals surface area contributed by atoms with Crippen LogP contribution in [0.4, 0.5) is 0 Å². The minimum absolute atomic E-state index is 0.0134. The van der Waals surface area contributed by atoms with Crippen LogP contribution in [-0.2, 0) is 11.2 Å². The van der Waals surface area contributed by atoms with Gasteiger partial charge < -0.3 is 46.7 Å². The van der Waals surface area contributed by atoms with Crippen LogP contribution in [0.1, 0.15) is 158 Å². The Hall–Kier alpha value is -4.51. The van der Waals surface area contributed by atoms with Gasteiger partial charge in [0.05, 0.1) is 29.5 Å². The monoisotopic (exact) mass is 892 g/mol. The molecule has 0 amide bonds. The van der Waals surface area contributed by atoms with Crippen LogP contribution in [0.5, 0.6) is 11.5 Å². The number of benzene rings is 2. The number of phenolic OH excluding ortho intramolecular Hbond substituents is 2. The Labute approximate surface area is 387 Å². The number of carbonyl (C=O) groups is 1. The third-order valence-corrected chi connectivity index (χ3v) is 15.7. The number of aromatic amines is 1. The molecule has 2 fully saturated rings. The molecule has 10 nitrogen and oxygen atoms in total. The molecule has 2 aromatic carbocycles. The number of aromatic nitrogens is 1. The molecule has 7 rings (SSSR count). The quantitative estimate of drug-likeness (QED) is 0.0469. The van der Waals surface area contributed by atoms with Crippen LogP contribution >= 0.6 is 0 Å². The number of aliphatic hydroxyl groups is 3. The average molecular weight is 892 g/mol. The van der Waals surface area contributed by atoms with Gasteiger partial charge >= 0.3 is 5.97 Å². The summed E-state index contributed by atoms with van der Waals surface area (Å²) in [5.74, 6) is -0.851. The van der Waals surface area contributed by atoms with Crippen LogP contribution in [0.3, 0.4) is 0 Å². The maximum atomic E-state index is 13.1. The SMILES string of the molecule is CCCCC[C@@H]1C=C[C@@H](CCCC[C@H]2CC[C@@H](c3ccc(-c4cc(O)cc(O)c4Cc4ccc(C(C)C)cc4)[nH]3)[C@@H]3C[C@H](CC4=CCNC(N)=C4)C[C@@]3(O)CC[C@H](O)[C@H]2C(=O)O)[C@H](O)C1. The molecule has 1 aliphatic heterocycles. The largest absolute Gasteiger partial charge is 0.508 e. The third-order valence-electron chi connectivity index (χ3n) is 15.7. The number of carboxylic acids is 1. The first kappa shape index (κ1) is 48.4. The molecule has 354 valence electrons. The van der Waals surface area contributed by atoms with Gasteiger partial charge in [-0.05, 0) is 141 Å². The number of hydrogen-bond acceptors (Lipinski definition) is 8. The fourth-order valence-electron chi connectivity index (χ4n) is 12.1. The predicted molar refractivity (Wildman–Crippen MR) is 258 cm³/mol. The number of rotatable bonds is 17. The lowest BCUT2D eigenvalue weighted by Crippen LogP contribution is -2.42. The molecule has 0 unspecified atom stereocenters. The summed E-state index contributed by atoms with van der Waals surface area (Å²) in [5.41, 5.74) is 11.5. The zero-order chi connectivity index (χ0) is 46.3. The van der Waals surface area contributed by atoms with E-state index in [2.05, 4.69) is 79.6 Å². The molecule has 0 bridgehead atoms. The van der Waals surface area contributed by atoms with E-state index in [1.54, 1.807) is 6.07 Å². The number of nitrogens with two attached hydrogens (primary N) is 1. The Balaban J connectivity index is 1.15. The summed E-state index contributed by atoms with van der Waals surface area (Å²) in [6.07, 6.45) is 20.1. The summed E-state index contributed by atoms with van der Waals surface area (Å²) in [5, 5.41) is 71.6. The van der Waals surface area contributed by atoms with Crippen molar-refractivity contribution in [2.75, 3.05) is 6.54 Å². The van der Waals surface area contributed by atoms with E-state index in [9.17, 15) is 35.4 Å². The molecule has 3 aliphatic carbocycles. The molecule has 0 saturated heterocycles. The van der Waals surface area contributed by atoms with Gasteiger partial charge in [-0.15, -0.1) is 0 Å². The number of dihydropyridines is 1. The van der Waals surface area contributed by atoms with E-state index >= 15 is 0 Å². The zero-order valence-electron chi connectivity index (χ0n) is 39.1. The van der Waals surface area contributed by atoms with Gasteiger partial charge in [-0.25, -0.2) is 0 Å². The van der Waals surface area contributed by atoms with Crippen molar-refractivity contribution in [1.29, 1.82) is 0 Å². The molecular formula is C55H77N3O7. The van der Waals surface area contributed by atoms with Crippen molar-refractivity contribution in [2.24, 2.45) is 41.2 Å². The summed E-state index contributed by atoms with van der Waals surface area (Å²) in [6, 6.07) is 15.6. The zero-order valence-corrected chi connectivity index (χ0v) is 39.1. The van der Waals surface area contributed by atoms with Crippen molar-refractivity contribution in [3.63, 3.8) is 0 Å². The molecule has 10 N–H and O–H groups in total. The minimum Gasteiger partial charge on any atom is -0.508 e. The second kappa shape index (κ2) is 21.9. The number of aliphatic hydroxyl groups excluding tert-OH is 2. The number of aromatic hydroxyl groups is 2. The van der Waals surface area contributed by atoms with E-state index in [0.717, 1.165) is 67.5 Å². The molecule has 0 spiro atoms. The van der Waals surface area contributed by atoms with Crippen molar-refractivity contribution in [3.05, 3.63) is 107 Å². The lowest BCUT2D eigenvalue weighted by Gasteiger charge is -2.39. The van der Waals surface area contributed by atoms with Gasteiger partial charge in [0.25, 0.3) is 0 Å². The van der Waals surface area contributed by atoms with Crippen LogP contribution < -0.4 is 11.1 Å². The highest BCUT2D eigenvalue weighted by atomic mass is 16.4. The standard InChI is InChI=1S/C55H77N3O7/c1-4-5-6-9-35-14-17-40(50(61)29-35)10-7-8-11-41-18-19-43(46-28-38(26-37-23-25-57-52(56)30-37)33-55(46,65)24-22-49(60)53(41)54(63)64)47-20-21-48(58-47)44-31-42(59)32-51(62)45(44)27-36-12-15-39(16-13-36)34(2)3/h12-17,20-21,23,30-32,34-35,38,40-41,43,46,49-50,53,57-62,65H,4-11,18-19,22,24-29,33,56H2,1-3H3,(H,63,64)/t35-,38+,40-,41+,43-,46+,49+,50-,53+,55+/m1/s1. The van der Waals surface area contributed by atoms with Crippen LogP contribution in [0.15, 0.2) is 84.2 Å². The number of fused-ring (bicyclic) bond motifs is 1. The van der Waals surface area contributed by atoms with Gasteiger partial charge in [0.2, 0.25) is 0 Å². The molecule has 1 aromatic heterocycles. The van der Waals surface area contributed by atoms with E-state index in [-0.39, 0.29) is 53.6 Å². The van der Waals surface area contributed by atoms with Crippen molar-refractivity contribution in [2.45, 2.75) is 160 Å². The molecule has 2 saturated carbocycles. The molecule has 3 aromatic rings. The van der Waals surface area contributed by atoms with Crippen LogP contribution in [0.25, 0.3) is 11.3 Å². The third kappa shape index (κ3) is 12.1. The number of nitrogens with one attached hydrogen (secondary N) is 2. The molecule has 10 atom stereocenters. The Morgan fingerprint density at radius 1 is 0.908 bits per heavy atom. The number of H-pyrrole nitrogens is 1. The highest BCUT2D eigenvalue weighted by Crippen LogP contribution is 2.54. The van der Waals surface area contributed by atoms with Crippen molar-refractivity contribution >= 4 is 5.97 Å². The van der Waals surface area contributed by atoms with E-state index in [1.807, 2.05) is 12.1 Å². The van der Waals surface area contributed by atoms with Crippen LogP contribution in [-0.4, -0.2) is 65.9 Å². The highest BCUT2D eigenvalue weighted by molar-refractivity contribution is 5.71. The molecule has 2 heterocycles. The van der Waals surface area contributed by atoms with Gasteiger partial charge in [0.1, 0.15) is 11.5 Å². The lowest BCUT2D eigenvalue weighted by atomic mass is 9.69. The maximum Gasteiger partial charge on any atom is 0.309 e. The predicted octanol–water partition coefficient (Wildman–Crippen LogP) is 10.3. The molecule has 4 aliphatic rings. The van der Waals surface area contributed by atoms with E-state index in [4.69, 9.17) is 5.73 Å². The number of allylic oxidation sites excluding steroid dienone is 3. The summed E-state index contributed by atoms with van der Waals surface area (Å²) < 4.78 is 0. The highest BCUT2D eigenvalue weighted by Gasteiger charge is 2.51. The normalized spacial score (nSPS) is 29.5. The molecule has 65 heavy (non-hydrogen) atoms. The summed E-state index contributed by atoms with van der Waals surface area (Å²) in [7, 11) is 0. The fraction of sp³-hybridized carbons (Fsp3) is 0.582. The Morgan fingerprint density at radius 2 is 1.68 bits per heavy atom. The number of phenols is 2. The molecule has 0 radical (unpaired) electrons. The number of aliphatic carboxylic acids is 1.